The second-order valence-corrected chi connectivity index (χ2v) is 6.49. The number of anilines is 2. The number of aromatic nitrogens is 2. The second-order valence-electron chi connectivity index (χ2n) is 6.49. The summed E-state index contributed by atoms with van der Waals surface area (Å²) in [4.78, 5) is 10.5. The molecule has 0 saturated carbocycles. The molecule has 3 aromatic carbocycles. The zero-order valence-electron chi connectivity index (χ0n) is 15.0. The molecule has 0 aliphatic heterocycles. The number of nitrogens with zero attached hydrogens (tertiary/aromatic N) is 2. The number of nitrogens with one attached hydrogen (secondary N) is 1. The average molecular weight is 341 g/mol. The number of para-hydroxylation sites is 3. The van der Waals surface area contributed by atoms with Gasteiger partial charge in [-0.3, -0.25) is 0 Å². The van der Waals surface area contributed by atoms with Crippen LogP contribution in [0.4, 0.5) is 11.4 Å². The zero-order chi connectivity index (χ0) is 17.8. The van der Waals surface area contributed by atoms with E-state index >= 15 is 0 Å². The molecule has 4 rings (SSSR count). The number of rotatable bonds is 6. The Balaban J connectivity index is 1.64. The third-order valence-corrected chi connectivity index (χ3v) is 4.64. The molecule has 0 saturated heterocycles. The fraction of sp³-hybridized carbons (Fsp3) is 0.174. The van der Waals surface area contributed by atoms with Crippen molar-refractivity contribution in [2.24, 2.45) is 0 Å². The van der Waals surface area contributed by atoms with E-state index in [4.69, 9.17) is 4.98 Å². The second kappa shape index (κ2) is 7.44. The van der Waals surface area contributed by atoms with Crippen molar-refractivity contribution in [3.05, 3.63) is 78.9 Å². The molecule has 1 N–H and O–H groups in total. The van der Waals surface area contributed by atoms with E-state index in [-0.39, 0.29) is 0 Å². The van der Waals surface area contributed by atoms with Gasteiger partial charge in [0.25, 0.3) is 0 Å². The smallest absolute Gasteiger partial charge is 0.138 e. The maximum Gasteiger partial charge on any atom is 0.138 e. The summed E-state index contributed by atoms with van der Waals surface area (Å²) in [5.41, 5.74) is 5.62. The zero-order valence-corrected chi connectivity index (χ0v) is 15.0. The molecule has 0 spiro atoms. The molecule has 0 radical (unpaired) electrons. The van der Waals surface area contributed by atoms with E-state index in [1.165, 1.54) is 24.2 Å². The Hall–Kier alpha value is -3.07. The Bertz CT molecular complexity index is 938. The molecule has 0 atom stereocenters. The summed E-state index contributed by atoms with van der Waals surface area (Å²) in [6.45, 7) is 3.25. The van der Waals surface area contributed by atoms with Crippen LogP contribution in [-0.2, 0) is 0 Å². The molecule has 0 aliphatic rings. The van der Waals surface area contributed by atoms with Crippen molar-refractivity contribution in [3.63, 3.8) is 0 Å². The van der Waals surface area contributed by atoms with E-state index in [9.17, 15) is 0 Å². The van der Waals surface area contributed by atoms with Gasteiger partial charge in [-0.25, -0.2) is 4.98 Å². The molecule has 1 aromatic heterocycles. The lowest BCUT2D eigenvalue weighted by molar-refractivity contribution is 0.786. The number of aromatic amines is 1. The van der Waals surface area contributed by atoms with E-state index in [1.807, 2.05) is 18.2 Å². The normalized spacial score (nSPS) is 11.0. The number of benzene rings is 3. The third kappa shape index (κ3) is 3.33. The fourth-order valence-corrected chi connectivity index (χ4v) is 3.22. The van der Waals surface area contributed by atoms with Crippen LogP contribution in [0.3, 0.4) is 0 Å². The summed E-state index contributed by atoms with van der Waals surface area (Å²) in [5, 5.41) is 0. The predicted octanol–water partition coefficient (Wildman–Crippen LogP) is 6.17. The number of fused-ring (bicyclic) bond motifs is 1. The minimum Gasteiger partial charge on any atom is -0.341 e. The van der Waals surface area contributed by atoms with Gasteiger partial charge in [-0.1, -0.05) is 43.7 Å². The summed E-state index contributed by atoms with van der Waals surface area (Å²) in [7, 11) is 0. The highest BCUT2D eigenvalue weighted by atomic mass is 15.1. The van der Waals surface area contributed by atoms with Crippen LogP contribution in [0, 0.1) is 0 Å². The first-order chi connectivity index (χ1) is 12.8. The first kappa shape index (κ1) is 16.4. The molecule has 0 aliphatic carbocycles. The minimum atomic E-state index is 0.914. The summed E-state index contributed by atoms with van der Waals surface area (Å²) in [6, 6.07) is 27.4. The lowest BCUT2D eigenvalue weighted by atomic mass is 10.1. The summed E-state index contributed by atoms with van der Waals surface area (Å²) < 4.78 is 0. The Labute approximate surface area is 154 Å². The van der Waals surface area contributed by atoms with Gasteiger partial charge in [0, 0.05) is 23.5 Å². The Morgan fingerprint density at radius 2 is 1.50 bits per heavy atom. The Morgan fingerprint density at radius 1 is 0.808 bits per heavy atom. The van der Waals surface area contributed by atoms with Crippen LogP contribution in [0.25, 0.3) is 22.4 Å². The van der Waals surface area contributed by atoms with Gasteiger partial charge in [-0.2, -0.15) is 0 Å². The first-order valence-electron chi connectivity index (χ1n) is 9.23. The van der Waals surface area contributed by atoms with Gasteiger partial charge in [0.2, 0.25) is 0 Å². The van der Waals surface area contributed by atoms with Gasteiger partial charge in [0.05, 0.1) is 11.0 Å². The third-order valence-electron chi connectivity index (χ3n) is 4.64. The molecule has 3 nitrogen and oxygen atoms in total. The van der Waals surface area contributed by atoms with Crippen LogP contribution in [0.2, 0.25) is 0 Å². The van der Waals surface area contributed by atoms with Crippen LogP contribution in [-0.4, -0.2) is 16.5 Å². The Morgan fingerprint density at radius 3 is 2.23 bits per heavy atom. The molecule has 4 aromatic rings. The molecule has 0 amide bonds. The van der Waals surface area contributed by atoms with E-state index in [0.29, 0.717) is 0 Å². The summed E-state index contributed by atoms with van der Waals surface area (Å²) in [5.74, 6) is 0.914. The Kier molecular flexibility index (Phi) is 4.69. The molecular formula is C23H23N3. The largest absolute Gasteiger partial charge is 0.341 e. The van der Waals surface area contributed by atoms with Crippen molar-refractivity contribution in [2.45, 2.75) is 19.8 Å². The van der Waals surface area contributed by atoms with Crippen molar-refractivity contribution in [1.82, 2.24) is 9.97 Å². The van der Waals surface area contributed by atoms with E-state index in [1.54, 1.807) is 0 Å². The van der Waals surface area contributed by atoms with E-state index < -0.39 is 0 Å². The van der Waals surface area contributed by atoms with Crippen LogP contribution in [0.5, 0.6) is 0 Å². The van der Waals surface area contributed by atoms with Gasteiger partial charge in [0.1, 0.15) is 5.82 Å². The fourth-order valence-electron chi connectivity index (χ4n) is 3.22. The van der Waals surface area contributed by atoms with Crippen LogP contribution in [0.15, 0.2) is 78.9 Å². The highest BCUT2D eigenvalue weighted by Crippen LogP contribution is 2.28. The summed E-state index contributed by atoms with van der Waals surface area (Å²) >= 11 is 0. The van der Waals surface area contributed by atoms with Crippen LogP contribution < -0.4 is 4.90 Å². The van der Waals surface area contributed by atoms with Crippen LogP contribution in [0.1, 0.15) is 19.8 Å². The van der Waals surface area contributed by atoms with E-state index in [0.717, 1.165) is 29.0 Å². The van der Waals surface area contributed by atoms with Crippen LogP contribution >= 0.6 is 0 Å². The van der Waals surface area contributed by atoms with Crippen molar-refractivity contribution >= 4 is 22.4 Å². The summed E-state index contributed by atoms with van der Waals surface area (Å²) in [6.07, 6.45) is 2.35. The molecule has 0 bridgehead atoms. The van der Waals surface area contributed by atoms with Gasteiger partial charge >= 0.3 is 0 Å². The van der Waals surface area contributed by atoms with Gasteiger partial charge < -0.3 is 9.88 Å². The average Bonchev–Trinajstić information content (AvgIpc) is 3.14. The van der Waals surface area contributed by atoms with Crippen molar-refractivity contribution in [3.8, 4) is 11.4 Å². The number of unbranched alkanes of at least 4 members (excludes halogenated alkanes) is 1. The highest BCUT2D eigenvalue weighted by Gasteiger charge is 2.10. The highest BCUT2D eigenvalue weighted by molar-refractivity contribution is 5.79. The molecule has 0 unspecified atom stereocenters. The predicted molar refractivity (Wildman–Crippen MR) is 110 cm³/mol. The first-order valence-corrected chi connectivity index (χ1v) is 9.23. The van der Waals surface area contributed by atoms with Gasteiger partial charge in [-0.15, -0.1) is 0 Å². The number of H-pyrrole nitrogens is 1. The van der Waals surface area contributed by atoms with Crippen molar-refractivity contribution < 1.29 is 0 Å². The van der Waals surface area contributed by atoms with Gasteiger partial charge in [0.15, 0.2) is 0 Å². The SMILES string of the molecule is CCCCN(c1ccccc1)c1ccc(-c2nc3ccccc3[nH]2)cc1. The maximum atomic E-state index is 4.70. The minimum absolute atomic E-state index is 0.914. The molecule has 130 valence electrons. The molecule has 0 fully saturated rings. The topological polar surface area (TPSA) is 31.9 Å². The van der Waals surface area contributed by atoms with Crippen molar-refractivity contribution in [1.29, 1.82) is 0 Å². The standard InChI is InChI=1S/C23H23N3/c1-2-3-17-26(19-9-5-4-6-10-19)20-15-13-18(14-16-20)23-24-21-11-7-8-12-22(21)25-23/h4-16H,2-3,17H2,1H3,(H,24,25). The lowest BCUT2D eigenvalue weighted by Crippen LogP contribution is -2.18. The molecule has 26 heavy (non-hydrogen) atoms. The monoisotopic (exact) mass is 341 g/mol. The number of imidazole rings is 1. The number of hydrogen-bond acceptors (Lipinski definition) is 2. The van der Waals surface area contributed by atoms with E-state index in [2.05, 4.69) is 77.5 Å². The lowest BCUT2D eigenvalue weighted by Gasteiger charge is -2.25. The quantitative estimate of drug-likeness (QED) is 0.455. The van der Waals surface area contributed by atoms with Crippen molar-refractivity contribution in [2.75, 3.05) is 11.4 Å². The molecular weight excluding hydrogens is 318 g/mol. The molecule has 3 heteroatoms. The van der Waals surface area contributed by atoms with Gasteiger partial charge in [-0.05, 0) is 55.0 Å². The maximum absolute atomic E-state index is 4.70. The number of hydrogen-bond donors (Lipinski definition) is 1. The molecule has 1 heterocycles.